The topological polar surface area (TPSA) is 57.5 Å². The van der Waals surface area contributed by atoms with Crippen LogP contribution >= 0.6 is 0 Å². The average Bonchev–Trinajstić information content (AvgIpc) is 2.29. The average molecular weight is 196 g/mol. The zero-order valence-electron chi connectivity index (χ0n) is 8.58. The molecule has 3 nitrogen and oxygen atoms in total. The molecule has 2 aliphatic carbocycles. The van der Waals surface area contributed by atoms with Crippen molar-refractivity contribution in [3.8, 4) is 0 Å². The molecule has 0 aromatic rings. The first-order valence-electron chi connectivity index (χ1n) is 5.11. The molecule has 14 heavy (non-hydrogen) atoms. The maximum absolute atomic E-state index is 11.6. The number of fused-ring (bicyclic) bond motifs is 1. The standard InChI is InChI=1S/C11H16O3/c1-7-4-3-5-10(13)9(12)6-8(2)11(7,10)14/h6-7,13-14H,3-5H2,1-2H3/t7-,10+,11-/m0/s1. The van der Waals surface area contributed by atoms with Gasteiger partial charge in [0.25, 0.3) is 0 Å². The third kappa shape index (κ3) is 0.868. The summed E-state index contributed by atoms with van der Waals surface area (Å²) in [5.41, 5.74) is -2.26. The molecule has 0 radical (unpaired) electrons. The lowest BCUT2D eigenvalue weighted by atomic mass is 9.65. The summed E-state index contributed by atoms with van der Waals surface area (Å²) in [6.07, 6.45) is 3.42. The van der Waals surface area contributed by atoms with Crippen molar-refractivity contribution in [2.75, 3.05) is 0 Å². The Hall–Kier alpha value is -0.670. The van der Waals surface area contributed by atoms with Crippen LogP contribution < -0.4 is 0 Å². The van der Waals surface area contributed by atoms with Crippen LogP contribution in [0.1, 0.15) is 33.1 Å². The molecule has 0 unspecified atom stereocenters. The summed E-state index contributed by atoms with van der Waals surface area (Å²) in [7, 11) is 0. The van der Waals surface area contributed by atoms with E-state index in [1.807, 2.05) is 6.92 Å². The fourth-order valence-electron chi connectivity index (χ4n) is 2.92. The molecule has 2 rings (SSSR count). The van der Waals surface area contributed by atoms with Gasteiger partial charge in [-0.05, 0) is 43.8 Å². The van der Waals surface area contributed by atoms with Gasteiger partial charge in [0.05, 0.1) is 0 Å². The molecule has 0 aromatic carbocycles. The predicted octanol–water partition coefficient (Wildman–Crippen LogP) is 0.798. The van der Waals surface area contributed by atoms with E-state index in [1.54, 1.807) is 6.92 Å². The molecule has 0 aromatic heterocycles. The van der Waals surface area contributed by atoms with Crippen molar-refractivity contribution < 1.29 is 15.0 Å². The summed E-state index contributed by atoms with van der Waals surface area (Å²) in [6.45, 7) is 3.61. The van der Waals surface area contributed by atoms with Crippen molar-refractivity contribution in [1.29, 1.82) is 0 Å². The molecular weight excluding hydrogens is 180 g/mol. The Kier molecular flexibility index (Phi) is 1.88. The summed E-state index contributed by atoms with van der Waals surface area (Å²) in [5, 5.41) is 20.7. The molecule has 3 atom stereocenters. The van der Waals surface area contributed by atoms with Gasteiger partial charge in [0.15, 0.2) is 11.4 Å². The van der Waals surface area contributed by atoms with Gasteiger partial charge in [0.2, 0.25) is 0 Å². The summed E-state index contributed by atoms with van der Waals surface area (Å²) in [5.74, 6) is -0.381. The van der Waals surface area contributed by atoms with Gasteiger partial charge in [0.1, 0.15) is 5.60 Å². The zero-order chi connectivity index (χ0) is 10.6. The molecular formula is C11H16O3. The van der Waals surface area contributed by atoms with Crippen LogP contribution in [0.3, 0.4) is 0 Å². The van der Waals surface area contributed by atoms with Crippen molar-refractivity contribution in [3.05, 3.63) is 11.6 Å². The molecule has 3 heteroatoms. The highest BCUT2D eigenvalue weighted by Gasteiger charge is 2.62. The lowest BCUT2D eigenvalue weighted by Crippen LogP contribution is -2.61. The van der Waals surface area contributed by atoms with Crippen molar-refractivity contribution >= 4 is 5.78 Å². The normalized spacial score (nSPS) is 47.6. The molecule has 78 valence electrons. The number of hydrogen-bond donors (Lipinski definition) is 2. The van der Waals surface area contributed by atoms with Gasteiger partial charge < -0.3 is 10.2 Å². The van der Waals surface area contributed by atoms with E-state index < -0.39 is 11.2 Å². The van der Waals surface area contributed by atoms with Crippen LogP contribution in [0.2, 0.25) is 0 Å². The highest BCUT2D eigenvalue weighted by atomic mass is 16.4. The Balaban J connectivity index is 2.52. The Morgan fingerprint density at radius 1 is 1.50 bits per heavy atom. The van der Waals surface area contributed by atoms with Crippen LogP contribution in [0.4, 0.5) is 0 Å². The first-order valence-corrected chi connectivity index (χ1v) is 5.11. The van der Waals surface area contributed by atoms with Gasteiger partial charge in [-0.3, -0.25) is 4.79 Å². The second-order valence-corrected chi connectivity index (χ2v) is 4.61. The Morgan fingerprint density at radius 3 is 2.71 bits per heavy atom. The molecule has 0 aliphatic heterocycles. The molecule has 2 N–H and O–H groups in total. The van der Waals surface area contributed by atoms with Gasteiger partial charge in [-0.1, -0.05) is 6.92 Å². The summed E-state index contributed by atoms with van der Waals surface area (Å²) >= 11 is 0. The fourth-order valence-corrected chi connectivity index (χ4v) is 2.92. The lowest BCUT2D eigenvalue weighted by molar-refractivity contribution is -0.177. The smallest absolute Gasteiger partial charge is 0.190 e. The van der Waals surface area contributed by atoms with Crippen LogP contribution in [-0.2, 0) is 4.79 Å². The highest BCUT2D eigenvalue weighted by molar-refractivity contribution is 6.02. The minimum atomic E-state index is -1.55. The molecule has 2 aliphatic rings. The Labute approximate surface area is 83.4 Å². The van der Waals surface area contributed by atoms with E-state index in [-0.39, 0.29) is 11.7 Å². The highest BCUT2D eigenvalue weighted by Crippen LogP contribution is 2.49. The van der Waals surface area contributed by atoms with Gasteiger partial charge in [0, 0.05) is 0 Å². The number of hydrogen-bond acceptors (Lipinski definition) is 3. The lowest BCUT2D eigenvalue weighted by Gasteiger charge is -2.46. The van der Waals surface area contributed by atoms with E-state index in [0.29, 0.717) is 12.0 Å². The SMILES string of the molecule is CC1=CC(=O)[C@]2(O)CCC[C@H](C)[C@]12O. The Bertz CT molecular complexity index is 320. The van der Waals surface area contributed by atoms with Crippen molar-refractivity contribution in [1.82, 2.24) is 0 Å². The summed E-state index contributed by atoms with van der Waals surface area (Å²) < 4.78 is 0. The summed E-state index contributed by atoms with van der Waals surface area (Å²) in [6, 6.07) is 0. The molecule has 0 bridgehead atoms. The van der Waals surface area contributed by atoms with E-state index in [9.17, 15) is 15.0 Å². The number of carbonyl (C=O) groups excluding carboxylic acids is 1. The third-order valence-electron chi connectivity index (χ3n) is 3.88. The number of carbonyl (C=O) groups is 1. The van der Waals surface area contributed by atoms with Gasteiger partial charge >= 0.3 is 0 Å². The second kappa shape index (κ2) is 2.67. The predicted molar refractivity (Wildman–Crippen MR) is 51.7 cm³/mol. The third-order valence-corrected chi connectivity index (χ3v) is 3.88. The number of rotatable bonds is 0. The van der Waals surface area contributed by atoms with Crippen LogP contribution in [0.15, 0.2) is 11.6 Å². The van der Waals surface area contributed by atoms with Gasteiger partial charge in [-0.25, -0.2) is 0 Å². The van der Waals surface area contributed by atoms with Crippen molar-refractivity contribution in [2.45, 2.75) is 44.3 Å². The van der Waals surface area contributed by atoms with Crippen molar-refractivity contribution in [2.24, 2.45) is 5.92 Å². The van der Waals surface area contributed by atoms with E-state index >= 15 is 0 Å². The van der Waals surface area contributed by atoms with Crippen LogP contribution in [0, 0.1) is 5.92 Å². The molecule has 0 saturated heterocycles. The second-order valence-electron chi connectivity index (χ2n) is 4.61. The quantitative estimate of drug-likeness (QED) is 0.602. The Morgan fingerprint density at radius 2 is 2.14 bits per heavy atom. The number of ketones is 1. The largest absolute Gasteiger partial charge is 0.382 e. The molecule has 0 spiro atoms. The molecule has 0 amide bonds. The van der Waals surface area contributed by atoms with Gasteiger partial charge in [-0.15, -0.1) is 0 Å². The zero-order valence-corrected chi connectivity index (χ0v) is 8.58. The minimum Gasteiger partial charge on any atom is -0.382 e. The molecule has 1 saturated carbocycles. The van der Waals surface area contributed by atoms with E-state index in [1.165, 1.54) is 6.08 Å². The number of aliphatic hydroxyl groups is 2. The summed E-state index contributed by atoms with van der Waals surface area (Å²) in [4.78, 5) is 11.6. The monoisotopic (exact) mass is 196 g/mol. The van der Waals surface area contributed by atoms with E-state index in [4.69, 9.17) is 0 Å². The first kappa shape index (κ1) is 9.87. The van der Waals surface area contributed by atoms with Crippen LogP contribution in [0.25, 0.3) is 0 Å². The first-order chi connectivity index (χ1) is 6.43. The maximum Gasteiger partial charge on any atom is 0.190 e. The fraction of sp³-hybridized carbons (Fsp3) is 0.727. The van der Waals surface area contributed by atoms with Gasteiger partial charge in [-0.2, -0.15) is 0 Å². The maximum atomic E-state index is 11.6. The van der Waals surface area contributed by atoms with E-state index in [0.717, 1.165) is 12.8 Å². The van der Waals surface area contributed by atoms with E-state index in [2.05, 4.69) is 0 Å². The van der Waals surface area contributed by atoms with Crippen LogP contribution in [-0.4, -0.2) is 27.2 Å². The molecule has 1 fully saturated rings. The minimum absolute atomic E-state index is 0.0519. The van der Waals surface area contributed by atoms with Crippen molar-refractivity contribution in [3.63, 3.8) is 0 Å². The van der Waals surface area contributed by atoms with Crippen LogP contribution in [0.5, 0.6) is 0 Å². The molecule has 0 heterocycles.